The summed E-state index contributed by atoms with van der Waals surface area (Å²) in [4.78, 5) is 18.1. The van der Waals surface area contributed by atoms with Crippen molar-refractivity contribution in [3.8, 4) is 0 Å². The smallest absolute Gasteiger partial charge is 0.749 e. The molecule has 0 atom stereocenters. The Labute approximate surface area is 78.9 Å². The second kappa shape index (κ2) is 6.44. The number of cyclic esters (lactones) is 2. The molecule has 9 heteroatoms. The van der Waals surface area contributed by atoms with E-state index < -0.39 is 14.1 Å². The molecule has 0 aromatic heterocycles. The van der Waals surface area contributed by atoms with Crippen molar-refractivity contribution < 1.29 is 51.0 Å². The second-order valence-corrected chi connectivity index (χ2v) is 2.19. The summed E-state index contributed by atoms with van der Waals surface area (Å²) < 4.78 is 37.0. The summed E-state index contributed by atoms with van der Waals surface area (Å²) >= 11 is 0. The first-order chi connectivity index (χ1) is 4.89. The molecule has 0 aromatic carbocycles. The summed E-state index contributed by atoms with van der Waals surface area (Å²) in [5.41, 5.74) is 0. The van der Waals surface area contributed by atoms with Gasteiger partial charge in [-0.2, -0.15) is 8.39 Å². The third-order valence-electron chi connectivity index (χ3n) is 0.523. The summed E-state index contributed by atoms with van der Waals surface area (Å²) in [7, 11) is -5.89. The van der Waals surface area contributed by atoms with Crippen LogP contribution in [0.15, 0.2) is 0 Å². The van der Waals surface area contributed by atoms with Gasteiger partial charge in [0.25, 0.3) is 0 Å². The van der Waals surface area contributed by atoms with Crippen molar-refractivity contribution in [1.29, 1.82) is 0 Å². The Bertz CT molecular complexity index is 165. The van der Waals surface area contributed by atoms with Gasteiger partial charge in [-0.05, 0) is 0 Å². The van der Waals surface area contributed by atoms with Crippen LogP contribution in [0.3, 0.4) is 0 Å². The molecule has 1 aliphatic heterocycles. The Kier molecular flexibility index (Phi) is 7.74. The van der Waals surface area contributed by atoms with Gasteiger partial charge in [-0.1, -0.05) is 0 Å². The fourth-order valence-corrected chi connectivity index (χ4v) is 0.292. The first-order valence-corrected chi connectivity index (χ1v) is 3.80. The van der Waals surface area contributed by atoms with Gasteiger partial charge in [-0.25, -0.2) is 4.79 Å². The zero-order valence-corrected chi connectivity index (χ0v) is 7.05. The van der Waals surface area contributed by atoms with Gasteiger partial charge in [0.1, 0.15) is 13.2 Å². The van der Waals surface area contributed by atoms with Gasteiger partial charge >= 0.3 is 33.0 Å². The van der Waals surface area contributed by atoms with E-state index in [4.69, 9.17) is 9.46 Å². The van der Waals surface area contributed by atoms with Crippen molar-refractivity contribution in [2.75, 3.05) is 13.2 Å². The molecule has 1 aliphatic rings. The van der Waals surface area contributed by atoms with Crippen LogP contribution in [0.5, 0.6) is 0 Å². The molecule has 0 spiro atoms. The van der Waals surface area contributed by atoms with E-state index in [1.165, 1.54) is 0 Å². The molecule has 0 saturated carbocycles. The standard InChI is InChI=1S/C3H4O3.F2HO2P.Li/c4-3-5-1-2-6-3;1-5(2,3)4;/h1-2H2;(H,3,4);/q;;+1/p-1. The van der Waals surface area contributed by atoms with Gasteiger partial charge < -0.3 is 14.4 Å². The Morgan fingerprint density at radius 1 is 1.33 bits per heavy atom. The molecule has 0 aromatic rings. The number of carbonyl (C=O) groups is 1. The number of carbonyl (C=O) groups excluding carboxylic acids is 1. The van der Waals surface area contributed by atoms with Crippen LogP contribution < -0.4 is 23.8 Å². The first-order valence-electron chi connectivity index (χ1n) is 2.39. The van der Waals surface area contributed by atoms with Gasteiger partial charge in [-0.15, -0.1) is 0 Å². The SMILES string of the molecule is O=C1OCCO1.O=P([O-])(F)F.[Li+]. The van der Waals surface area contributed by atoms with Crippen molar-refractivity contribution in [2.24, 2.45) is 0 Å². The van der Waals surface area contributed by atoms with E-state index in [1.807, 2.05) is 0 Å². The molecule has 1 saturated heterocycles. The van der Waals surface area contributed by atoms with Crippen LogP contribution in [-0.4, -0.2) is 19.4 Å². The molecule has 0 bridgehead atoms. The van der Waals surface area contributed by atoms with Gasteiger partial charge in [0.15, 0.2) is 0 Å². The van der Waals surface area contributed by atoms with Crippen LogP contribution in [0.2, 0.25) is 0 Å². The van der Waals surface area contributed by atoms with Crippen LogP contribution in [-0.2, 0) is 14.0 Å². The largest absolute Gasteiger partial charge is 1.00 e. The summed E-state index contributed by atoms with van der Waals surface area (Å²) in [6, 6.07) is 0. The molecule has 1 rings (SSSR count). The summed E-state index contributed by atoms with van der Waals surface area (Å²) in [5.74, 6) is 0. The maximum absolute atomic E-state index is 10.0. The van der Waals surface area contributed by atoms with Crippen molar-refractivity contribution in [3.05, 3.63) is 0 Å². The third-order valence-corrected chi connectivity index (χ3v) is 0.523. The molecular weight excluding hydrogens is 192 g/mol. The Hall–Kier alpha value is -0.0826. The molecule has 0 N–H and O–H groups in total. The summed E-state index contributed by atoms with van der Waals surface area (Å²) in [6.07, 6.45) is -0.546. The van der Waals surface area contributed by atoms with Gasteiger partial charge in [0.2, 0.25) is 0 Å². The monoisotopic (exact) mass is 196 g/mol. The van der Waals surface area contributed by atoms with Crippen molar-refractivity contribution in [2.45, 2.75) is 0 Å². The molecule has 5 nitrogen and oxygen atoms in total. The third kappa shape index (κ3) is 16.5. The van der Waals surface area contributed by atoms with E-state index in [-0.39, 0.29) is 18.9 Å². The average Bonchev–Trinajstić information content (AvgIpc) is 2.12. The molecule has 0 unspecified atom stereocenters. The van der Waals surface area contributed by atoms with E-state index in [2.05, 4.69) is 9.47 Å². The van der Waals surface area contributed by atoms with Crippen LogP contribution >= 0.6 is 7.99 Å². The first kappa shape index (κ1) is 14.4. The van der Waals surface area contributed by atoms with Gasteiger partial charge in [0, 0.05) is 0 Å². The molecule has 12 heavy (non-hydrogen) atoms. The summed E-state index contributed by atoms with van der Waals surface area (Å²) in [5, 5.41) is 0. The second-order valence-electron chi connectivity index (χ2n) is 1.36. The van der Waals surface area contributed by atoms with E-state index in [9.17, 15) is 13.2 Å². The van der Waals surface area contributed by atoms with E-state index in [1.54, 1.807) is 0 Å². The molecule has 1 fully saturated rings. The van der Waals surface area contributed by atoms with Crippen LogP contribution in [0.4, 0.5) is 13.2 Å². The quantitative estimate of drug-likeness (QED) is 0.244. The van der Waals surface area contributed by atoms with E-state index in [0.29, 0.717) is 13.2 Å². The Balaban J connectivity index is 0. The topological polar surface area (TPSA) is 75.7 Å². The normalized spacial score (nSPS) is 14.8. The minimum Gasteiger partial charge on any atom is -0.749 e. The molecule has 0 aliphatic carbocycles. The van der Waals surface area contributed by atoms with Gasteiger partial charge in [-0.3, -0.25) is 4.57 Å². The minimum absolute atomic E-state index is 0. The molecule has 0 radical (unpaired) electrons. The van der Waals surface area contributed by atoms with Crippen LogP contribution in [0, 0.1) is 0 Å². The van der Waals surface area contributed by atoms with Crippen molar-refractivity contribution >= 4 is 14.1 Å². The number of halogens is 2. The van der Waals surface area contributed by atoms with Crippen molar-refractivity contribution in [1.82, 2.24) is 0 Å². The van der Waals surface area contributed by atoms with E-state index in [0.717, 1.165) is 0 Å². The predicted octanol–water partition coefficient (Wildman–Crippen LogP) is -2.45. The zero-order chi connectivity index (χ0) is 8.91. The number of ether oxygens (including phenoxy) is 2. The Morgan fingerprint density at radius 3 is 1.67 bits per heavy atom. The minimum atomic E-state index is -5.89. The number of rotatable bonds is 0. The van der Waals surface area contributed by atoms with E-state index >= 15 is 0 Å². The summed E-state index contributed by atoms with van der Waals surface area (Å²) in [6.45, 7) is 0.831. The van der Waals surface area contributed by atoms with Crippen LogP contribution in [0.1, 0.15) is 0 Å². The number of hydrogen-bond donors (Lipinski definition) is 0. The maximum Gasteiger partial charge on any atom is 1.00 e. The van der Waals surface area contributed by atoms with Crippen molar-refractivity contribution in [3.63, 3.8) is 0 Å². The fourth-order valence-electron chi connectivity index (χ4n) is 0.292. The average molecular weight is 196 g/mol. The fraction of sp³-hybridized carbons (Fsp3) is 0.667. The van der Waals surface area contributed by atoms with Gasteiger partial charge in [0.05, 0.1) is 0 Å². The molecule has 1 heterocycles. The molecule has 66 valence electrons. The molecule has 0 amide bonds. The Morgan fingerprint density at radius 2 is 1.58 bits per heavy atom. The maximum atomic E-state index is 10.0. The predicted molar refractivity (Wildman–Crippen MR) is 27.1 cm³/mol. The number of hydrogen-bond acceptors (Lipinski definition) is 5. The molecular formula is C3H4F2LiO5P. The zero-order valence-electron chi connectivity index (χ0n) is 6.16. The van der Waals surface area contributed by atoms with Crippen LogP contribution in [0.25, 0.3) is 0 Å².